The van der Waals surface area contributed by atoms with Gasteiger partial charge in [-0.15, -0.1) is 0 Å². The Morgan fingerprint density at radius 3 is 3.00 bits per heavy atom. The van der Waals surface area contributed by atoms with Crippen molar-refractivity contribution < 1.29 is 4.74 Å². The van der Waals surface area contributed by atoms with Gasteiger partial charge in [0.2, 0.25) is 0 Å². The Hall–Kier alpha value is -0.120. The molecule has 0 radical (unpaired) electrons. The molecule has 0 aromatic carbocycles. The maximum absolute atomic E-state index is 5.11. The molecule has 4 unspecified atom stereocenters. The molecule has 0 aliphatic carbocycles. The molecule has 2 rings (SSSR count). The molecule has 2 aliphatic heterocycles. The van der Waals surface area contributed by atoms with E-state index in [-0.39, 0.29) is 0 Å². The Morgan fingerprint density at radius 1 is 1.40 bits per heavy atom. The standard InChI is InChI=1S/C12H24N2O/c1-10(5-8-15-2)13-12-4-7-14-6-3-11(12)9-14/h10-13H,3-9H2,1-2H3. The van der Waals surface area contributed by atoms with E-state index in [0.29, 0.717) is 6.04 Å². The fourth-order valence-corrected chi connectivity index (χ4v) is 2.91. The van der Waals surface area contributed by atoms with Crippen LogP contribution in [0.25, 0.3) is 0 Å². The zero-order valence-electron chi connectivity index (χ0n) is 10.0. The predicted octanol–water partition coefficient (Wildman–Crippen LogP) is 1.10. The summed E-state index contributed by atoms with van der Waals surface area (Å²) >= 11 is 0. The number of ether oxygens (including phenoxy) is 1. The third kappa shape index (κ3) is 2.92. The number of methoxy groups -OCH3 is 1. The topological polar surface area (TPSA) is 24.5 Å². The van der Waals surface area contributed by atoms with Crippen LogP contribution in [0.1, 0.15) is 26.2 Å². The second-order valence-electron chi connectivity index (χ2n) is 5.09. The van der Waals surface area contributed by atoms with E-state index in [1.165, 1.54) is 32.5 Å². The Morgan fingerprint density at radius 2 is 2.20 bits per heavy atom. The lowest BCUT2D eigenvalue weighted by molar-refractivity contribution is 0.169. The highest BCUT2D eigenvalue weighted by molar-refractivity contribution is 4.91. The zero-order chi connectivity index (χ0) is 10.7. The first-order chi connectivity index (χ1) is 7.29. The quantitative estimate of drug-likeness (QED) is 0.738. The summed E-state index contributed by atoms with van der Waals surface area (Å²) in [6.45, 7) is 7.10. The van der Waals surface area contributed by atoms with Gasteiger partial charge in [-0.2, -0.15) is 0 Å². The second kappa shape index (κ2) is 5.28. The number of fused-ring (bicyclic) bond motifs is 2. The van der Waals surface area contributed by atoms with Gasteiger partial charge in [0.05, 0.1) is 0 Å². The molecule has 2 fully saturated rings. The van der Waals surface area contributed by atoms with Crippen LogP contribution in [0.3, 0.4) is 0 Å². The van der Waals surface area contributed by atoms with E-state index in [9.17, 15) is 0 Å². The fourth-order valence-electron chi connectivity index (χ4n) is 2.91. The number of hydrogen-bond donors (Lipinski definition) is 1. The van der Waals surface area contributed by atoms with Crippen LogP contribution < -0.4 is 5.32 Å². The summed E-state index contributed by atoms with van der Waals surface area (Å²) in [6.07, 6.45) is 3.86. The van der Waals surface area contributed by atoms with Crippen molar-refractivity contribution in [3.63, 3.8) is 0 Å². The van der Waals surface area contributed by atoms with Gasteiger partial charge in [-0.1, -0.05) is 0 Å². The average Bonchev–Trinajstić information content (AvgIpc) is 2.63. The summed E-state index contributed by atoms with van der Waals surface area (Å²) in [6, 6.07) is 1.36. The third-order valence-corrected chi connectivity index (χ3v) is 3.89. The Kier molecular flexibility index (Phi) is 4.00. The molecular formula is C12H24N2O. The van der Waals surface area contributed by atoms with Crippen molar-refractivity contribution in [3.05, 3.63) is 0 Å². The lowest BCUT2D eigenvalue weighted by atomic mass is 9.93. The van der Waals surface area contributed by atoms with Crippen LogP contribution in [0.2, 0.25) is 0 Å². The molecule has 2 saturated heterocycles. The van der Waals surface area contributed by atoms with Gasteiger partial charge in [0.25, 0.3) is 0 Å². The SMILES string of the molecule is COCCC(C)NC1CCN2CCC1C2. The van der Waals surface area contributed by atoms with Gasteiger partial charge in [-0.25, -0.2) is 0 Å². The molecule has 1 N–H and O–H groups in total. The molecule has 0 saturated carbocycles. The molecule has 2 heterocycles. The Labute approximate surface area is 93.2 Å². The Bertz CT molecular complexity index is 198. The number of hydrogen-bond acceptors (Lipinski definition) is 3. The summed E-state index contributed by atoms with van der Waals surface area (Å²) in [7, 11) is 1.78. The predicted molar refractivity (Wildman–Crippen MR) is 62.0 cm³/mol. The summed E-state index contributed by atoms with van der Waals surface area (Å²) in [5, 5.41) is 3.77. The maximum Gasteiger partial charge on any atom is 0.0476 e. The van der Waals surface area contributed by atoms with Gasteiger partial charge in [0.1, 0.15) is 0 Å². The highest BCUT2D eigenvalue weighted by Crippen LogP contribution is 2.27. The van der Waals surface area contributed by atoms with Crippen molar-refractivity contribution in [2.75, 3.05) is 33.4 Å². The molecule has 0 aromatic rings. The van der Waals surface area contributed by atoms with Crippen molar-refractivity contribution >= 4 is 0 Å². The molecule has 2 bridgehead atoms. The Balaban J connectivity index is 1.73. The van der Waals surface area contributed by atoms with Crippen LogP contribution in [0.5, 0.6) is 0 Å². The number of nitrogens with one attached hydrogen (secondary N) is 1. The van der Waals surface area contributed by atoms with Crippen molar-refractivity contribution in [2.45, 2.75) is 38.3 Å². The van der Waals surface area contributed by atoms with E-state index < -0.39 is 0 Å². The molecular weight excluding hydrogens is 188 g/mol. The summed E-state index contributed by atoms with van der Waals surface area (Å²) in [5.41, 5.74) is 0. The summed E-state index contributed by atoms with van der Waals surface area (Å²) in [5.74, 6) is 0.906. The minimum Gasteiger partial charge on any atom is -0.385 e. The number of piperidine rings is 1. The summed E-state index contributed by atoms with van der Waals surface area (Å²) < 4.78 is 5.11. The first-order valence-electron chi connectivity index (χ1n) is 6.27. The highest BCUT2D eigenvalue weighted by Gasteiger charge is 2.34. The molecule has 4 atom stereocenters. The van der Waals surface area contributed by atoms with Crippen molar-refractivity contribution in [1.29, 1.82) is 0 Å². The molecule has 0 aromatic heterocycles. The van der Waals surface area contributed by atoms with E-state index in [1.807, 2.05) is 0 Å². The van der Waals surface area contributed by atoms with E-state index >= 15 is 0 Å². The van der Waals surface area contributed by atoms with Crippen molar-refractivity contribution in [1.82, 2.24) is 10.2 Å². The first-order valence-corrected chi connectivity index (χ1v) is 6.27. The van der Waals surface area contributed by atoms with Gasteiger partial charge in [0.15, 0.2) is 0 Å². The molecule has 3 heteroatoms. The smallest absolute Gasteiger partial charge is 0.0476 e. The van der Waals surface area contributed by atoms with E-state index in [4.69, 9.17) is 4.74 Å². The molecule has 3 nitrogen and oxygen atoms in total. The molecule has 2 aliphatic rings. The van der Waals surface area contributed by atoms with Gasteiger partial charge in [-0.05, 0) is 45.2 Å². The lowest BCUT2D eigenvalue weighted by Gasteiger charge is -2.33. The summed E-state index contributed by atoms with van der Waals surface area (Å²) in [4.78, 5) is 2.60. The van der Waals surface area contributed by atoms with E-state index in [2.05, 4.69) is 17.1 Å². The van der Waals surface area contributed by atoms with Crippen LogP contribution in [0, 0.1) is 5.92 Å². The van der Waals surface area contributed by atoms with Gasteiger partial charge >= 0.3 is 0 Å². The van der Waals surface area contributed by atoms with E-state index in [1.54, 1.807) is 7.11 Å². The maximum atomic E-state index is 5.11. The van der Waals surface area contributed by atoms with Crippen molar-refractivity contribution in [3.8, 4) is 0 Å². The largest absolute Gasteiger partial charge is 0.385 e. The number of rotatable bonds is 5. The van der Waals surface area contributed by atoms with Crippen LogP contribution in [0.4, 0.5) is 0 Å². The third-order valence-electron chi connectivity index (χ3n) is 3.89. The van der Waals surface area contributed by atoms with Gasteiger partial charge < -0.3 is 15.0 Å². The fraction of sp³-hybridized carbons (Fsp3) is 1.00. The molecule has 15 heavy (non-hydrogen) atoms. The zero-order valence-corrected chi connectivity index (χ0v) is 10.0. The monoisotopic (exact) mass is 212 g/mol. The molecule has 0 spiro atoms. The van der Waals surface area contributed by atoms with Gasteiger partial charge in [-0.3, -0.25) is 0 Å². The van der Waals surface area contributed by atoms with Crippen LogP contribution in [-0.2, 0) is 4.74 Å². The minimum atomic E-state index is 0.599. The van der Waals surface area contributed by atoms with Crippen molar-refractivity contribution in [2.24, 2.45) is 5.92 Å². The van der Waals surface area contributed by atoms with Crippen LogP contribution >= 0.6 is 0 Å². The number of nitrogens with zero attached hydrogens (tertiary/aromatic N) is 1. The molecule has 0 amide bonds. The lowest BCUT2D eigenvalue weighted by Crippen LogP contribution is -2.47. The van der Waals surface area contributed by atoms with Crippen LogP contribution in [-0.4, -0.2) is 50.3 Å². The van der Waals surface area contributed by atoms with E-state index in [0.717, 1.165) is 25.0 Å². The first kappa shape index (κ1) is 11.4. The normalized spacial score (nSPS) is 36.8. The second-order valence-corrected chi connectivity index (χ2v) is 5.09. The van der Waals surface area contributed by atoms with Gasteiger partial charge in [0, 0.05) is 32.3 Å². The highest BCUT2D eigenvalue weighted by atomic mass is 16.5. The van der Waals surface area contributed by atoms with Crippen LogP contribution in [0.15, 0.2) is 0 Å². The average molecular weight is 212 g/mol. The minimum absolute atomic E-state index is 0.599. The molecule has 88 valence electrons.